The Bertz CT molecular complexity index is 506. The number of aryl methyl sites for hydroxylation is 2. The molecule has 1 aromatic rings. The van der Waals surface area contributed by atoms with Crippen LogP contribution in [0, 0.1) is 5.92 Å². The van der Waals surface area contributed by atoms with Crippen molar-refractivity contribution < 1.29 is 4.79 Å². The second kappa shape index (κ2) is 6.61. The van der Waals surface area contributed by atoms with Crippen LogP contribution < -0.4 is 5.32 Å². The van der Waals surface area contributed by atoms with Crippen LogP contribution in [-0.2, 0) is 12.8 Å². The van der Waals surface area contributed by atoms with Gasteiger partial charge in [-0.1, -0.05) is 6.07 Å². The summed E-state index contributed by atoms with van der Waals surface area (Å²) in [6.45, 7) is 5.99. The summed E-state index contributed by atoms with van der Waals surface area (Å²) in [6, 6.07) is 6.32. The third-order valence-electron chi connectivity index (χ3n) is 4.95. The van der Waals surface area contributed by atoms with Crippen molar-refractivity contribution in [1.82, 2.24) is 10.2 Å². The molecule has 3 rings (SSSR count). The van der Waals surface area contributed by atoms with Gasteiger partial charge in [0, 0.05) is 18.7 Å². The number of carbonyl (C=O) groups excluding carboxylic acids is 1. The molecule has 0 atom stereocenters. The molecule has 2 aliphatic rings. The average molecular weight is 286 g/mol. The van der Waals surface area contributed by atoms with Gasteiger partial charge in [0.15, 0.2) is 0 Å². The molecule has 0 radical (unpaired) electrons. The second-order valence-electron chi connectivity index (χ2n) is 6.37. The zero-order chi connectivity index (χ0) is 14.7. The molecule has 0 saturated carbocycles. The lowest BCUT2D eigenvalue weighted by molar-refractivity contribution is 0.0726. The Hall–Kier alpha value is -1.35. The summed E-state index contributed by atoms with van der Waals surface area (Å²) in [7, 11) is 0. The number of amides is 1. The van der Waals surface area contributed by atoms with Crippen LogP contribution in [0.25, 0.3) is 0 Å². The predicted octanol–water partition coefficient (Wildman–Crippen LogP) is 2.64. The summed E-state index contributed by atoms with van der Waals surface area (Å²) in [5.74, 6) is 0.871. The Morgan fingerprint density at radius 2 is 2.00 bits per heavy atom. The van der Waals surface area contributed by atoms with E-state index in [0.29, 0.717) is 5.92 Å². The molecule has 1 heterocycles. The normalized spacial score (nSPS) is 18.5. The third kappa shape index (κ3) is 3.29. The van der Waals surface area contributed by atoms with Crippen molar-refractivity contribution in [3.8, 4) is 0 Å². The number of hydrogen-bond donors (Lipinski definition) is 1. The lowest BCUT2D eigenvalue weighted by Gasteiger charge is -2.29. The molecule has 3 heteroatoms. The maximum atomic E-state index is 12.8. The van der Waals surface area contributed by atoms with E-state index in [1.54, 1.807) is 0 Å². The van der Waals surface area contributed by atoms with Crippen LogP contribution in [0.3, 0.4) is 0 Å². The summed E-state index contributed by atoms with van der Waals surface area (Å²) in [6.07, 6.45) is 5.93. The smallest absolute Gasteiger partial charge is 0.253 e. The van der Waals surface area contributed by atoms with Crippen LogP contribution in [0.2, 0.25) is 0 Å². The van der Waals surface area contributed by atoms with Crippen molar-refractivity contribution >= 4 is 5.91 Å². The quantitative estimate of drug-likeness (QED) is 0.923. The minimum atomic E-state index is 0.214. The highest BCUT2D eigenvalue weighted by atomic mass is 16.2. The number of hydrogen-bond acceptors (Lipinski definition) is 2. The van der Waals surface area contributed by atoms with Gasteiger partial charge in [0.05, 0.1) is 0 Å². The van der Waals surface area contributed by atoms with Crippen LogP contribution in [-0.4, -0.2) is 37.0 Å². The van der Waals surface area contributed by atoms with Crippen LogP contribution in [0.15, 0.2) is 18.2 Å². The van der Waals surface area contributed by atoms with Gasteiger partial charge in [0.2, 0.25) is 0 Å². The topological polar surface area (TPSA) is 32.3 Å². The number of nitrogens with one attached hydrogen (secondary N) is 1. The van der Waals surface area contributed by atoms with E-state index in [4.69, 9.17) is 0 Å². The van der Waals surface area contributed by atoms with E-state index < -0.39 is 0 Å². The van der Waals surface area contributed by atoms with Gasteiger partial charge in [-0.25, -0.2) is 0 Å². The molecule has 0 aromatic heterocycles. The number of piperidine rings is 1. The predicted molar refractivity (Wildman–Crippen MR) is 85.6 cm³/mol. The molecule has 0 unspecified atom stereocenters. The standard InChI is InChI=1S/C18H26N2O/c1-2-20(13-14-8-10-19-11-9-14)18(21)17-7-6-15-4-3-5-16(15)12-17/h6-7,12,14,19H,2-5,8-11,13H2,1H3. The molecule has 1 fully saturated rings. The van der Waals surface area contributed by atoms with Crippen molar-refractivity contribution in [2.45, 2.75) is 39.0 Å². The summed E-state index contributed by atoms with van der Waals surface area (Å²) < 4.78 is 0. The Balaban J connectivity index is 1.69. The second-order valence-corrected chi connectivity index (χ2v) is 6.37. The van der Waals surface area contributed by atoms with Gasteiger partial charge in [-0.05, 0) is 81.3 Å². The van der Waals surface area contributed by atoms with E-state index in [1.807, 2.05) is 11.0 Å². The molecule has 3 nitrogen and oxygen atoms in total. The third-order valence-corrected chi connectivity index (χ3v) is 4.95. The van der Waals surface area contributed by atoms with Crippen LogP contribution in [0.1, 0.15) is 47.7 Å². The van der Waals surface area contributed by atoms with Crippen molar-refractivity contribution in [3.63, 3.8) is 0 Å². The fourth-order valence-corrected chi connectivity index (χ4v) is 3.62. The minimum absolute atomic E-state index is 0.214. The van der Waals surface area contributed by atoms with E-state index in [1.165, 1.54) is 36.8 Å². The molecular weight excluding hydrogens is 260 g/mol. The van der Waals surface area contributed by atoms with Crippen molar-refractivity contribution in [2.75, 3.05) is 26.2 Å². The lowest BCUT2D eigenvalue weighted by Crippen LogP contribution is -2.39. The molecule has 1 aromatic carbocycles. The van der Waals surface area contributed by atoms with E-state index in [2.05, 4.69) is 24.4 Å². The minimum Gasteiger partial charge on any atom is -0.339 e. The van der Waals surface area contributed by atoms with Crippen molar-refractivity contribution in [2.24, 2.45) is 5.92 Å². The van der Waals surface area contributed by atoms with Crippen LogP contribution in [0.4, 0.5) is 0 Å². The average Bonchev–Trinajstić information content (AvgIpc) is 3.00. The van der Waals surface area contributed by atoms with E-state index in [9.17, 15) is 4.79 Å². The molecular formula is C18H26N2O. The highest BCUT2D eigenvalue weighted by Gasteiger charge is 2.22. The number of rotatable bonds is 4. The van der Waals surface area contributed by atoms with Gasteiger partial charge in [-0.3, -0.25) is 4.79 Å². The van der Waals surface area contributed by atoms with Gasteiger partial charge in [-0.15, -0.1) is 0 Å². The molecule has 0 bridgehead atoms. The number of fused-ring (bicyclic) bond motifs is 1. The lowest BCUT2D eigenvalue weighted by atomic mass is 9.97. The largest absolute Gasteiger partial charge is 0.339 e. The monoisotopic (exact) mass is 286 g/mol. The van der Waals surface area contributed by atoms with Gasteiger partial charge >= 0.3 is 0 Å². The number of benzene rings is 1. The Kier molecular flexibility index (Phi) is 4.59. The maximum Gasteiger partial charge on any atom is 0.253 e. The Morgan fingerprint density at radius 1 is 1.24 bits per heavy atom. The highest BCUT2D eigenvalue weighted by Crippen LogP contribution is 2.24. The number of carbonyl (C=O) groups is 1. The first kappa shape index (κ1) is 14.6. The summed E-state index contributed by atoms with van der Waals surface area (Å²) in [5.41, 5.74) is 3.71. The zero-order valence-electron chi connectivity index (χ0n) is 13.0. The molecule has 1 N–H and O–H groups in total. The molecule has 114 valence electrons. The molecule has 0 spiro atoms. The van der Waals surface area contributed by atoms with Crippen molar-refractivity contribution in [3.05, 3.63) is 34.9 Å². The van der Waals surface area contributed by atoms with Gasteiger partial charge < -0.3 is 10.2 Å². The maximum absolute atomic E-state index is 12.8. The fraction of sp³-hybridized carbons (Fsp3) is 0.611. The molecule has 1 aliphatic carbocycles. The summed E-state index contributed by atoms with van der Waals surface area (Å²) >= 11 is 0. The van der Waals surface area contributed by atoms with E-state index >= 15 is 0 Å². The summed E-state index contributed by atoms with van der Waals surface area (Å²) in [4.78, 5) is 14.8. The first-order chi connectivity index (χ1) is 10.3. The van der Waals surface area contributed by atoms with Gasteiger partial charge in [0.25, 0.3) is 5.91 Å². The Morgan fingerprint density at radius 3 is 2.76 bits per heavy atom. The zero-order valence-corrected chi connectivity index (χ0v) is 13.0. The molecule has 1 saturated heterocycles. The first-order valence-electron chi connectivity index (χ1n) is 8.39. The Labute approximate surface area is 127 Å². The van der Waals surface area contributed by atoms with Crippen LogP contribution in [0.5, 0.6) is 0 Å². The highest BCUT2D eigenvalue weighted by molar-refractivity contribution is 5.94. The first-order valence-corrected chi connectivity index (χ1v) is 8.39. The molecule has 1 aliphatic heterocycles. The van der Waals surface area contributed by atoms with Gasteiger partial charge in [-0.2, -0.15) is 0 Å². The fourth-order valence-electron chi connectivity index (χ4n) is 3.62. The van der Waals surface area contributed by atoms with Crippen molar-refractivity contribution in [1.29, 1.82) is 0 Å². The summed E-state index contributed by atoms with van der Waals surface area (Å²) in [5, 5.41) is 3.39. The number of nitrogens with zero attached hydrogens (tertiary/aromatic N) is 1. The van der Waals surface area contributed by atoms with E-state index in [0.717, 1.165) is 38.2 Å². The molecule has 21 heavy (non-hydrogen) atoms. The van der Waals surface area contributed by atoms with Gasteiger partial charge in [0.1, 0.15) is 0 Å². The van der Waals surface area contributed by atoms with Crippen LogP contribution >= 0.6 is 0 Å². The molecule has 1 amide bonds. The van der Waals surface area contributed by atoms with E-state index in [-0.39, 0.29) is 5.91 Å². The SMILES string of the molecule is CCN(CC1CCNCC1)C(=O)c1ccc2c(c1)CCC2.